The van der Waals surface area contributed by atoms with Crippen LogP contribution < -0.4 is 0 Å². The lowest BCUT2D eigenvalue weighted by atomic mass is 10.0. The summed E-state index contributed by atoms with van der Waals surface area (Å²) >= 11 is 3.35. The van der Waals surface area contributed by atoms with Gasteiger partial charge >= 0.3 is 12.3 Å². The largest absolute Gasteiger partial charge is 0.444 e. The van der Waals surface area contributed by atoms with Crippen LogP contribution in [0, 0.1) is 0 Å². The minimum absolute atomic E-state index is 0.132. The Balaban J connectivity index is 2.44. The molecule has 2 aliphatic rings. The summed E-state index contributed by atoms with van der Waals surface area (Å²) in [5.41, 5.74) is -0.950. The van der Waals surface area contributed by atoms with Crippen molar-refractivity contribution in [1.29, 1.82) is 0 Å². The molecule has 0 aromatic carbocycles. The van der Waals surface area contributed by atoms with Crippen LogP contribution in [0.5, 0.6) is 0 Å². The van der Waals surface area contributed by atoms with Crippen molar-refractivity contribution in [3.8, 4) is 0 Å². The summed E-state index contributed by atoms with van der Waals surface area (Å²) in [6, 6.07) is 0. The van der Waals surface area contributed by atoms with E-state index >= 15 is 0 Å². The summed E-state index contributed by atoms with van der Waals surface area (Å²) in [6.45, 7) is 11.6. The smallest absolute Gasteiger partial charge is 0.418 e. The Morgan fingerprint density at radius 1 is 1.20 bits per heavy atom. The van der Waals surface area contributed by atoms with Crippen LogP contribution in [0.1, 0.15) is 60.8 Å². The van der Waals surface area contributed by atoms with E-state index in [2.05, 4.69) is 15.9 Å². The van der Waals surface area contributed by atoms with Crippen molar-refractivity contribution in [1.82, 2.24) is 9.80 Å². The molecule has 1 aliphatic carbocycles. The molecule has 0 N–H and O–H groups in total. The Morgan fingerprint density at radius 3 is 2.23 bits per heavy atom. The van der Waals surface area contributed by atoms with Crippen molar-refractivity contribution in [2.24, 2.45) is 0 Å². The lowest BCUT2D eigenvalue weighted by Crippen LogP contribution is -2.57. The van der Waals surface area contributed by atoms with Crippen LogP contribution in [0.4, 0.5) is 18.0 Å². The molecular formula is C22H32BrF3N2O2. The van der Waals surface area contributed by atoms with Crippen LogP contribution in [-0.2, 0) is 4.74 Å². The van der Waals surface area contributed by atoms with Crippen LogP contribution in [0.25, 0.3) is 0 Å². The number of carbonyl (C=O) groups excluding carboxylic acids is 1. The molecule has 2 rings (SSSR count). The molecule has 1 heterocycles. The van der Waals surface area contributed by atoms with Gasteiger partial charge in [0.05, 0.1) is 16.8 Å². The van der Waals surface area contributed by atoms with Crippen molar-refractivity contribution in [2.75, 3.05) is 19.6 Å². The van der Waals surface area contributed by atoms with E-state index in [0.29, 0.717) is 36.1 Å². The number of hydrogen-bond acceptors (Lipinski definition) is 3. The molecule has 2 fully saturated rings. The van der Waals surface area contributed by atoms with Gasteiger partial charge < -0.3 is 9.64 Å². The monoisotopic (exact) mass is 492 g/mol. The lowest BCUT2D eigenvalue weighted by molar-refractivity contribution is -0.0906. The van der Waals surface area contributed by atoms with Gasteiger partial charge in [-0.15, -0.1) is 0 Å². The van der Waals surface area contributed by atoms with Gasteiger partial charge in [-0.05, 0) is 75.9 Å². The van der Waals surface area contributed by atoms with Gasteiger partial charge in [-0.2, -0.15) is 13.2 Å². The highest BCUT2D eigenvalue weighted by atomic mass is 79.9. The van der Waals surface area contributed by atoms with Gasteiger partial charge in [0.25, 0.3) is 0 Å². The zero-order chi connectivity index (χ0) is 22.9. The predicted molar refractivity (Wildman–Crippen MR) is 116 cm³/mol. The fourth-order valence-corrected chi connectivity index (χ4v) is 4.03. The zero-order valence-electron chi connectivity index (χ0n) is 18.6. The third kappa shape index (κ3) is 5.83. The van der Waals surface area contributed by atoms with Crippen molar-refractivity contribution >= 4 is 22.0 Å². The molecule has 1 saturated heterocycles. The van der Waals surface area contributed by atoms with Crippen molar-refractivity contribution in [3.05, 3.63) is 33.5 Å². The average molecular weight is 493 g/mol. The second-order valence-electron chi connectivity index (χ2n) is 9.02. The molecule has 0 bridgehead atoms. The normalized spacial score (nSPS) is 21.0. The molecule has 0 aromatic rings. The van der Waals surface area contributed by atoms with E-state index in [-0.39, 0.29) is 5.70 Å². The molecule has 0 radical (unpaired) electrons. The maximum atomic E-state index is 14.1. The van der Waals surface area contributed by atoms with Gasteiger partial charge in [0.1, 0.15) is 5.60 Å². The number of rotatable bonds is 4. The number of allylic oxidation sites excluding steroid dienone is 5. The van der Waals surface area contributed by atoms with Crippen molar-refractivity contribution in [2.45, 2.75) is 78.1 Å². The van der Waals surface area contributed by atoms with E-state index < -0.39 is 29.0 Å². The first-order chi connectivity index (χ1) is 13.7. The van der Waals surface area contributed by atoms with Crippen molar-refractivity contribution < 1.29 is 22.7 Å². The molecular weight excluding hydrogens is 461 g/mol. The molecule has 1 amide bonds. The Morgan fingerprint density at radius 2 is 1.80 bits per heavy atom. The molecule has 0 atom stereocenters. The first-order valence-corrected chi connectivity index (χ1v) is 11.1. The summed E-state index contributed by atoms with van der Waals surface area (Å²) in [4.78, 5) is 16.1. The first-order valence-electron chi connectivity index (χ1n) is 10.3. The van der Waals surface area contributed by atoms with Crippen LogP contribution in [0.15, 0.2) is 33.5 Å². The fourth-order valence-electron chi connectivity index (χ4n) is 3.56. The maximum absolute atomic E-state index is 14.1. The van der Waals surface area contributed by atoms with E-state index in [1.165, 1.54) is 6.08 Å². The van der Waals surface area contributed by atoms with Gasteiger partial charge in [-0.25, -0.2) is 4.79 Å². The van der Waals surface area contributed by atoms with E-state index in [9.17, 15) is 18.0 Å². The van der Waals surface area contributed by atoms with Crippen LogP contribution in [0.3, 0.4) is 0 Å². The van der Waals surface area contributed by atoms with Gasteiger partial charge in [-0.3, -0.25) is 4.90 Å². The Labute approximate surface area is 185 Å². The Bertz CT molecular complexity index is 759. The molecule has 1 saturated carbocycles. The Hall–Kier alpha value is -1.44. The third-order valence-corrected chi connectivity index (χ3v) is 6.23. The average Bonchev–Trinajstić information content (AvgIpc) is 3.37. The van der Waals surface area contributed by atoms with E-state index in [0.717, 1.165) is 12.8 Å². The van der Waals surface area contributed by atoms with E-state index in [1.807, 2.05) is 27.7 Å². The van der Waals surface area contributed by atoms with Gasteiger partial charge in [0.15, 0.2) is 0 Å². The van der Waals surface area contributed by atoms with Crippen LogP contribution in [0.2, 0.25) is 0 Å². The summed E-state index contributed by atoms with van der Waals surface area (Å²) in [7, 11) is 0. The lowest BCUT2D eigenvalue weighted by Gasteiger charge is -2.44. The molecule has 170 valence electrons. The summed E-state index contributed by atoms with van der Waals surface area (Å²) in [5, 5.41) is 0. The Kier molecular flexibility index (Phi) is 7.42. The third-order valence-electron chi connectivity index (χ3n) is 5.40. The van der Waals surface area contributed by atoms with Gasteiger partial charge in [0, 0.05) is 24.1 Å². The highest BCUT2D eigenvalue weighted by Gasteiger charge is 2.55. The first kappa shape index (κ1) is 24.8. The summed E-state index contributed by atoms with van der Waals surface area (Å²) in [6.07, 6.45) is 0.0379. The number of carbonyl (C=O) groups is 1. The maximum Gasteiger partial charge on any atom is 0.418 e. The fraction of sp³-hybridized carbons (Fsp3) is 0.682. The predicted octanol–water partition coefficient (Wildman–Crippen LogP) is 6.54. The zero-order valence-corrected chi connectivity index (χ0v) is 20.2. The molecule has 8 heteroatoms. The second-order valence-corrected chi connectivity index (χ2v) is 9.87. The number of piperazine rings is 1. The standard InChI is InChI=1S/C22H32BrF3N2O2/c1-7-15(3)13-16(22(24,25)26)18(17(23)8-2)27-11-12-28(21(14-27)9-10-21)19(29)30-20(4,5)6/h8,13H,7,9-12,14H2,1-6H3/b15-13+,17-8+,18-16-. The number of amides is 1. The number of halogens is 4. The van der Waals surface area contributed by atoms with E-state index in [1.54, 1.807) is 29.7 Å². The highest BCUT2D eigenvalue weighted by Crippen LogP contribution is 2.47. The molecule has 30 heavy (non-hydrogen) atoms. The van der Waals surface area contributed by atoms with Gasteiger partial charge in [-0.1, -0.05) is 18.6 Å². The topological polar surface area (TPSA) is 32.8 Å². The molecule has 1 spiro atoms. The summed E-state index contributed by atoms with van der Waals surface area (Å²) < 4.78 is 48.1. The SMILES string of the molecule is C\C=C(Br)/C(=C(\C=C(/C)CC)C(F)(F)F)N1CCN(C(=O)OC(C)(C)C)C2(CC2)C1. The molecule has 0 unspecified atom stereocenters. The summed E-state index contributed by atoms with van der Waals surface area (Å²) in [5.74, 6) is 0. The molecule has 1 aliphatic heterocycles. The number of ether oxygens (including phenoxy) is 1. The highest BCUT2D eigenvalue weighted by molar-refractivity contribution is 9.12. The van der Waals surface area contributed by atoms with E-state index in [4.69, 9.17) is 4.74 Å². The second kappa shape index (κ2) is 8.97. The number of alkyl halides is 3. The number of hydrogen-bond donors (Lipinski definition) is 0. The minimum atomic E-state index is -4.49. The minimum Gasteiger partial charge on any atom is -0.444 e. The van der Waals surface area contributed by atoms with Crippen molar-refractivity contribution in [3.63, 3.8) is 0 Å². The molecule has 0 aromatic heterocycles. The molecule has 4 nitrogen and oxygen atoms in total. The number of nitrogens with zero attached hydrogens (tertiary/aromatic N) is 2. The van der Waals surface area contributed by atoms with Gasteiger partial charge in [0.2, 0.25) is 0 Å². The quantitative estimate of drug-likeness (QED) is 0.417. The van der Waals surface area contributed by atoms with Crippen LogP contribution in [-0.4, -0.2) is 52.8 Å². The van der Waals surface area contributed by atoms with Crippen LogP contribution >= 0.6 is 15.9 Å².